The third-order valence-corrected chi connectivity index (χ3v) is 7.74. The first-order valence-corrected chi connectivity index (χ1v) is 12.4. The van der Waals surface area contributed by atoms with Crippen molar-refractivity contribution in [2.75, 3.05) is 18.6 Å². The van der Waals surface area contributed by atoms with Crippen molar-refractivity contribution in [3.05, 3.63) is 51.4 Å². The number of carboxylic acid groups (broad SMARTS) is 1. The molecule has 35 heavy (non-hydrogen) atoms. The lowest BCUT2D eigenvalue weighted by Crippen LogP contribution is -2.71. The number of nitrogens with zero attached hydrogens (tertiary/aromatic N) is 4. The Morgan fingerprint density at radius 3 is 2.71 bits per heavy atom. The molecule has 0 radical (unpaired) electrons. The second-order valence-corrected chi connectivity index (χ2v) is 10.2. The van der Waals surface area contributed by atoms with Crippen LogP contribution in [0.2, 0.25) is 4.34 Å². The van der Waals surface area contributed by atoms with Crippen LogP contribution < -0.4 is 26.5 Å². The molecule has 0 spiro atoms. The van der Waals surface area contributed by atoms with Gasteiger partial charge in [-0.05, 0) is 5.56 Å². The standard InChI is InChI=1S/C20H20ClN7O5S2/c1-33-26-12(11-15(21)35-20(23)25-11)16(29)24-13-17(30)28-14(19(31)32)10(8-34-18(13)28)7-27-4-2-9(6-22)3-5-27/h2-5,13,18H,6-8,22H2,1H3,(H3-,23,24,25,29,31,32)/b26-12-/t13-,18-/m1/s1. The topological polar surface area (TPSA) is 180 Å². The van der Waals surface area contributed by atoms with Gasteiger partial charge in [-0.2, -0.15) is 0 Å². The number of thioether (sulfide) groups is 1. The first-order chi connectivity index (χ1) is 16.7. The van der Waals surface area contributed by atoms with Crippen molar-refractivity contribution in [1.29, 1.82) is 0 Å². The Morgan fingerprint density at radius 2 is 2.14 bits per heavy atom. The summed E-state index contributed by atoms with van der Waals surface area (Å²) in [6.45, 7) is 0.642. The fourth-order valence-corrected chi connectivity index (χ4v) is 5.96. The summed E-state index contributed by atoms with van der Waals surface area (Å²) in [6, 6.07) is 2.68. The maximum atomic E-state index is 12.9. The number of halogens is 1. The molecule has 0 unspecified atom stereocenters. The van der Waals surface area contributed by atoms with E-state index in [-0.39, 0.29) is 33.1 Å². The van der Waals surface area contributed by atoms with Crippen molar-refractivity contribution in [3.63, 3.8) is 0 Å². The minimum Gasteiger partial charge on any atom is -0.543 e. The van der Waals surface area contributed by atoms with Crippen LogP contribution in [0.25, 0.3) is 0 Å². The van der Waals surface area contributed by atoms with Crippen LogP contribution in [0.15, 0.2) is 41.0 Å². The van der Waals surface area contributed by atoms with Crippen molar-refractivity contribution in [2.45, 2.75) is 24.5 Å². The number of nitrogens with two attached hydrogens (primary N) is 2. The largest absolute Gasteiger partial charge is 0.543 e. The van der Waals surface area contributed by atoms with Crippen LogP contribution in [-0.4, -0.2) is 57.7 Å². The number of hydrogen-bond acceptors (Lipinski definition) is 11. The number of aliphatic carboxylic acids is 1. The van der Waals surface area contributed by atoms with Crippen LogP contribution in [0.5, 0.6) is 0 Å². The lowest BCUT2D eigenvalue weighted by molar-refractivity contribution is -0.689. The predicted molar refractivity (Wildman–Crippen MR) is 127 cm³/mol. The summed E-state index contributed by atoms with van der Waals surface area (Å²) >= 11 is 8.37. The number of nitrogen functional groups attached to an aromatic ring is 1. The van der Waals surface area contributed by atoms with Gasteiger partial charge in [0.15, 0.2) is 29.8 Å². The van der Waals surface area contributed by atoms with Gasteiger partial charge < -0.3 is 31.5 Å². The number of thiazole rings is 1. The van der Waals surface area contributed by atoms with E-state index in [1.807, 2.05) is 12.1 Å². The summed E-state index contributed by atoms with van der Waals surface area (Å²) in [5.74, 6) is -2.49. The van der Waals surface area contributed by atoms with Gasteiger partial charge >= 0.3 is 0 Å². The van der Waals surface area contributed by atoms with Crippen molar-refractivity contribution < 1.29 is 28.9 Å². The molecular formula is C20H20ClN7O5S2. The van der Waals surface area contributed by atoms with Crippen molar-refractivity contribution in [3.8, 4) is 0 Å². The van der Waals surface area contributed by atoms with Gasteiger partial charge in [-0.1, -0.05) is 28.1 Å². The molecule has 4 rings (SSSR count). The van der Waals surface area contributed by atoms with Crippen LogP contribution in [0.3, 0.4) is 0 Å². The van der Waals surface area contributed by atoms with Gasteiger partial charge in [-0.25, -0.2) is 9.55 Å². The van der Waals surface area contributed by atoms with Gasteiger partial charge in [0.1, 0.15) is 28.6 Å². The molecule has 2 aromatic rings. The Balaban J connectivity index is 1.53. The van der Waals surface area contributed by atoms with Crippen LogP contribution in [0, 0.1) is 0 Å². The monoisotopic (exact) mass is 537 g/mol. The molecule has 2 atom stereocenters. The average Bonchev–Trinajstić information content (AvgIpc) is 3.18. The number of amides is 2. The molecule has 1 fully saturated rings. The number of rotatable bonds is 8. The molecule has 15 heteroatoms. The number of carbonyl (C=O) groups is 3. The summed E-state index contributed by atoms with van der Waals surface area (Å²) in [5.41, 5.74) is 12.3. The number of nitrogens with one attached hydrogen (secondary N) is 1. The summed E-state index contributed by atoms with van der Waals surface area (Å²) in [7, 11) is 1.24. The number of oxime groups is 1. The average molecular weight is 538 g/mol. The van der Waals surface area contributed by atoms with Crippen molar-refractivity contribution in [1.82, 2.24) is 15.2 Å². The second kappa shape index (κ2) is 10.2. The van der Waals surface area contributed by atoms with E-state index in [2.05, 4.69) is 15.5 Å². The number of carboxylic acids is 1. The molecule has 2 aliphatic rings. The number of fused-ring (bicyclic) bond motifs is 1. The molecule has 0 aliphatic carbocycles. The van der Waals surface area contributed by atoms with Crippen LogP contribution in [0.1, 0.15) is 11.3 Å². The molecule has 4 heterocycles. The maximum Gasteiger partial charge on any atom is 0.276 e. The molecule has 184 valence electrons. The lowest BCUT2D eigenvalue weighted by atomic mass is 10.0. The molecule has 2 aromatic heterocycles. The maximum absolute atomic E-state index is 12.9. The highest BCUT2D eigenvalue weighted by molar-refractivity contribution is 8.00. The van der Waals surface area contributed by atoms with Gasteiger partial charge in [-0.15, -0.1) is 11.8 Å². The smallest absolute Gasteiger partial charge is 0.276 e. The van der Waals surface area contributed by atoms with E-state index in [0.717, 1.165) is 21.8 Å². The summed E-state index contributed by atoms with van der Waals surface area (Å²) < 4.78 is 1.92. The molecule has 1 saturated heterocycles. The quantitative estimate of drug-likeness (QED) is 0.157. The van der Waals surface area contributed by atoms with E-state index in [1.165, 1.54) is 18.9 Å². The Labute approximate surface area is 212 Å². The number of aromatic nitrogens is 2. The minimum atomic E-state index is -1.46. The molecule has 2 aliphatic heterocycles. The highest BCUT2D eigenvalue weighted by Crippen LogP contribution is 2.40. The highest BCUT2D eigenvalue weighted by Gasteiger charge is 2.53. The number of β-lactam (4-membered cyclic amide) rings is 1. The molecule has 5 N–H and O–H groups in total. The van der Waals surface area contributed by atoms with Crippen LogP contribution in [-0.2, 0) is 32.3 Å². The fourth-order valence-electron chi connectivity index (χ4n) is 3.70. The molecule has 2 amide bonds. The summed E-state index contributed by atoms with van der Waals surface area (Å²) in [4.78, 5) is 47.7. The van der Waals surface area contributed by atoms with E-state index in [1.54, 1.807) is 17.0 Å². The first-order valence-electron chi connectivity index (χ1n) is 10.2. The van der Waals surface area contributed by atoms with Crippen LogP contribution >= 0.6 is 34.7 Å². The lowest BCUT2D eigenvalue weighted by Gasteiger charge is -2.50. The summed E-state index contributed by atoms with van der Waals surface area (Å²) in [6.07, 6.45) is 3.57. The number of carbonyl (C=O) groups excluding carboxylic acids is 3. The number of hydrogen-bond donors (Lipinski definition) is 3. The van der Waals surface area contributed by atoms with Gasteiger partial charge in [-0.3, -0.25) is 14.5 Å². The van der Waals surface area contributed by atoms with Crippen molar-refractivity contribution >= 4 is 63.3 Å². The van der Waals surface area contributed by atoms with Gasteiger partial charge in [0.2, 0.25) is 0 Å². The SMILES string of the molecule is CO/N=C(\C(=O)N[C@@H]1C(=O)N2C(C(=O)[O-])=C(C[n+]3ccc(CN)cc3)CS[C@H]12)c1nc(N)sc1Cl. The fraction of sp³-hybridized carbons (Fsp3) is 0.300. The number of anilines is 1. The van der Waals surface area contributed by atoms with Crippen molar-refractivity contribution in [2.24, 2.45) is 10.9 Å². The Kier molecular flexibility index (Phi) is 7.25. The molecule has 12 nitrogen and oxygen atoms in total. The highest BCUT2D eigenvalue weighted by atomic mass is 35.5. The van der Waals surface area contributed by atoms with E-state index < -0.39 is 29.2 Å². The minimum absolute atomic E-state index is 0.0173. The number of pyridine rings is 1. The zero-order valence-electron chi connectivity index (χ0n) is 18.3. The summed E-state index contributed by atoms with van der Waals surface area (Å²) in [5, 5.41) is 17.7. The van der Waals surface area contributed by atoms with E-state index in [9.17, 15) is 19.5 Å². The Bertz CT molecular complexity index is 1250. The molecular weight excluding hydrogens is 518 g/mol. The zero-order valence-corrected chi connectivity index (χ0v) is 20.7. The third kappa shape index (κ3) is 4.82. The molecule has 0 aromatic carbocycles. The first kappa shape index (κ1) is 24.9. The Hall–Kier alpha value is -3.20. The zero-order chi connectivity index (χ0) is 25.3. The van der Waals surface area contributed by atoms with Crippen LogP contribution in [0.4, 0.5) is 5.13 Å². The van der Waals surface area contributed by atoms with Gasteiger partial charge in [0, 0.05) is 30.0 Å². The van der Waals surface area contributed by atoms with Gasteiger partial charge in [0.05, 0.1) is 11.7 Å². The normalized spacial score (nSPS) is 19.8. The molecule has 0 saturated carbocycles. The van der Waals surface area contributed by atoms with E-state index in [4.69, 9.17) is 27.9 Å². The van der Waals surface area contributed by atoms with E-state index >= 15 is 0 Å². The predicted octanol–water partition coefficient (Wildman–Crippen LogP) is -1.42. The molecule has 0 bridgehead atoms. The second-order valence-electron chi connectivity index (χ2n) is 7.48. The third-order valence-electron chi connectivity index (χ3n) is 5.32. The Morgan fingerprint density at radius 1 is 1.43 bits per heavy atom. The van der Waals surface area contributed by atoms with E-state index in [0.29, 0.717) is 17.9 Å². The van der Waals surface area contributed by atoms with Gasteiger partial charge in [0.25, 0.3) is 11.8 Å².